The first-order valence-electron chi connectivity index (χ1n) is 3.66. The molecule has 13 heavy (non-hydrogen) atoms. The Balaban J connectivity index is 2.21. The molecule has 0 aromatic carbocycles. The average molecular weight is 200 g/mol. The lowest BCUT2D eigenvalue weighted by Crippen LogP contribution is -2.19. The Hall–Kier alpha value is -1.36. The molecule has 0 saturated carbocycles. The molecule has 1 saturated heterocycles. The average Bonchev–Trinajstić information content (AvgIpc) is 2.52. The highest BCUT2D eigenvalue weighted by Gasteiger charge is 2.24. The van der Waals surface area contributed by atoms with Crippen LogP contribution in [0.5, 0.6) is 0 Å². The maximum Gasteiger partial charge on any atom is 0.407 e. The Morgan fingerprint density at radius 3 is 3.08 bits per heavy atom. The summed E-state index contributed by atoms with van der Waals surface area (Å²) >= 11 is 5.66. The molecule has 68 valence electrons. The second-order valence-corrected chi connectivity index (χ2v) is 2.95. The van der Waals surface area contributed by atoms with E-state index < -0.39 is 6.09 Å². The lowest BCUT2D eigenvalue weighted by Gasteiger charge is -2.04. The van der Waals surface area contributed by atoms with E-state index in [2.05, 4.69) is 15.3 Å². The molecule has 0 bridgehead atoms. The number of carbonyl (C=O) groups is 1. The maximum atomic E-state index is 10.7. The zero-order valence-corrected chi connectivity index (χ0v) is 7.28. The molecule has 1 unspecified atom stereocenters. The maximum absolute atomic E-state index is 10.7. The molecule has 0 radical (unpaired) electrons. The van der Waals surface area contributed by atoms with Gasteiger partial charge in [0, 0.05) is 0 Å². The van der Waals surface area contributed by atoms with Crippen molar-refractivity contribution in [1.29, 1.82) is 0 Å². The van der Waals surface area contributed by atoms with Gasteiger partial charge in [0.1, 0.15) is 24.1 Å². The van der Waals surface area contributed by atoms with Crippen LogP contribution < -0.4 is 5.32 Å². The van der Waals surface area contributed by atoms with Crippen molar-refractivity contribution < 1.29 is 9.53 Å². The van der Waals surface area contributed by atoms with E-state index in [1.165, 1.54) is 6.33 Å². The van der Waals surface area contributed by atoms with Gasteiger partial charge in [-0.25, -0.2) is 14.8 Å². The third-order valence-corrected chi connectivity index (χ3v) is 1.89. The predicted molar refractivity (Wildman–Crippen MR) is 44.3 cm³/mol. The third-order valence-electron chi connectivity index (χ3n) is 1.69. The van der Waals surface area contributed by atoms with Gasteiger partial charge in [0.2, 0.25) is 0 Å². The number of halogens is 1. The minimum absolute atomic E-state index is 0.215. The number of aromatic nitrogens is 2. The van der Waals surface area contributed by atoms with Crippen LogP contribution in [0.15, 0.2) is 12.4 Å². The van der Waals surface area contributed by atoms with E-state index in [1.54, 1.807) is 6.07 Å². The van der Waals surface area contributed by atoms with Crippen LogP contribution in [0.1, 0.15) is 11.7 Å². The summed E-state index contributed by atoms with van der Waals surface area (Å²) in [6, 6.07) is 1.38. The molecule has 0 aliphatic carbocycles. The molecule has 1 N–H and O–H groups in total. The van der Waals surface area contributed by atoms with Crippen LogP contribution >= 0.6 is 11.6 Å². The minimum atomic E-state index is -0.431. The van der Waals surface area contributed by atoms with E-state index in [1.807, 2.05) is 0 Å². The molecule has 2 heterocycles. The number of alkyl carbamates (subject to hydrolysis) is 1. The SMILES string of the molecule is O=C1NC(c2cc(Cl)ncn2)CO1. The standard InChI is InChI=1S/C7H6ClN3O2/c8-6-1-4(9-3-10-6)5-2-13-7(12)11-5/h1,3,5H,2H2,(H,11,12). The normalized spacial score (nSPS) is 21.0. The molecule has 1 aliphatic heterocycles. The summed E-state index contributed by atoms with van der Waals surface area (Å²) in [5.74, 6) is 0. The molecule has 1 amide bonds. The summed E-state index contributed by atoms with van der Waals surface area (Å²) in [5, 5.41) is 2.94. The van der Waals surface area contributed by atoms with Gasteiger partial charge in [-0.15, -0.1) is 0 Å². The molecular formula is C7H6ClN3O2. The van der Waals surface area contributed by atoms with Crippen LogP contribution in [0, 0.1) is 0 Å². The van der Waals surface area contributed by atoms with Crippen LogP contribution in [0.2, 0.25) is 5.15 Å². The highest BCUT2D eigenvalue weighted by molar-refractivity contribution is 6.29. The molecule has 1 aromatic heterocycles. The number of amides is 1. The Morgan fingerprint density at radius 2 is 2.46 bits per heavy atom. The summed E-state index contributed by atoms with van der Waals surface area (Å²) in [4.78, 5) is 18.4. The van der Waals surface area contributed by atoms with Gasteiger partial charge in [0.25, 0.3) is 0 Å². The van der Waals surface area contributed by atoms with E-state index in [9.17, 15) is 4.79 Å². The van der Waals surface area contributed by atoms with Crippen LogP contribution in [0.3, 0.4) is 0 Å². The first kappa shape index (κ1) is 8.25. The summed E-state index contributed by atoms with van der Waals surface area (Å²) in [7, 11) is 0. The highest BCUT2D eigenvalue weighted by Crippen LogP contribution is 2.17. The second kappa shape index (κ2) is 3.18. The van der Waals surface area contributed by atoms with Gasteiger partial charge in [-0.05, 0) is 6.07 Å². The number of rotatable bonds is 1. The van der Waals surface area contributed by atoms with Crippen molar-refractivity contribution in [3.63, 3.8) is 0 Å². The molecule has 2 rings (SSSR count). The molecule has 5 nitrogen and oxygen atoms in total. The van der Waals surface area contributed by atoms with Crippen LogP contribution in [-0.2, 0) is 4.74 Å². The van der Waals surface area contributed by atoms with E-state index in [0.29, 0.717) is 10.8 Å². The molecule has 1 aromatic rings. The largest absolute Gasteiger partial charge is 0.447 e. The molecule has 1 atom stereocenters. The monoisotopic (exact) mass is 199 g/mol. The lowest BCUT2D eigenvalue weighted by atomic mass is 10.2. The Labute approximate surface area is 79.1 Å². The van der Waals surface area contributed by atoms with Gasteiger partial charge in [0.05, 0.1) is 5.69 Å². The first-order valence-corrected chi connectivity index (χ1v) is 4.04. The quantitative estimate of drug-likeness (QED) is 0.683. The molecular weight excluding hydrogens is 194 g/mol. The van der Waals surface area contributed by atoms with Gasteiger partial charge in [-0.2, -0.15) is 0 Å². The Morgan fingerprint density at radius 1 is 1.62 bits per heavy atom. The van der Waals surface area contributed by atoms with Crippen LogP contribution in [0.4, 0.5) is 4.79 Å². The number of nitrogens with zero attached hydrogens (tertiary/aromatic N) is 2. The predicted octanol–water partition coefficient (Wildman–Crippen LogP) is 0.911. The first-order chi connectivity index (χ1) is 6.25. The third kappa shape index (κ3) is 1.70. The number of carbonyl (C=O) groups excluding carboxylic acids is 1. The van der Waals surface area contributed by atoms with Crippen molar-refractivity contribution in [2.75, 3.05) is 6.61 Å². The van der Waals surface area contributed by atoms with E-state index >= 15 is 0 Å². The second-order valence-electron chi connectivity index (χ2n) is 2.56. The van der Waals surface area contributed by atoms with Gasteiger partial charge in [-0.1, -0.05) is 11.6 Å². The fourth-order valence-electron chi connectivity index (χ4n) is 1.08. The smallest absolute Gasteiger partial charge is 0.407 e. The molecule has 1 fully saturated rings. The molecule has 1 aliphatic rings. The zero-order valence-electron chi connectivity index (χ0n) is 6.53. The van der Waals surface area contributed by atoms with E-state index in [-0.39, 0.29) is 12.6 Å². The Bertz CT molecular complexity index is 344. The highest BCUT2D eigenvalue weighted by atomic mass is 35.5. The molecule has 0 spiro atoms. The minimum Gasteiger partial charge on any atom is -0.447 e. The summed E-state index contributed by atoms with van der Waals surface area (Å²) in [6.45, 7) is 0.284. The van der Waals surface area contributed by atoms with Gasteiger partial charge < -0.3 is 10.1 Å². The van der Waals surface area contributed by atoms with Crippen molar-refractivity contribution in [3.8, 4) is 0 Å². The van der Waals surface area contributed by atoms with Gasteiger partial charge >= 0.3 is 6.09 Å². The zero-order chi connectivity index (χ0) is 9.26. The number of cyclic esters (lactones) is 1. The Kier molecular flexibility index (Phi) is 2.02. The summed E-state index contributed by atoms with van der Waals surface area (Å²) in [5.41, 5.74) is 0.658. The van der Waals surface area contributed by atoms with Crippen molar-refractivity contribution in [2.45, 2.75) is 6.04 Å². The number of ether oxygens (including phenoxy) is 1. The van der Waals surface area contributed by atoms with Crippen molar-refractivity contribution in [2.24, 2.45) is 0 Å². The van der Waals surface area contributed by atoms with Gasteiger partial charge in [0.15, 0.2) is 0 Å². The van der Waals surface area contributed by atoms with Crippen molar-refractivity contribution >= 4 is 17.7 Å². The van der Waals surface area contributed by atoms with E-state index in [0.717, 1.165) is 0 Å². The van der Waals surface area contributed by atoms with Crippen LogP contribution in [0.25, 0.3) is 0 Å². The topological polar surface area (TPSA) is 64.1 Å². The van der Waals surface area contributed by atoms with Crippen LogP contribution in [-0.4, -0.2) is 22.7 Å². The fraction of sp³-hybridized carbons (Fsp3) is 0.286. The van der Waals surface area contributed by atoms with Crippen molar-refractivity contribution in [1.82, 2.24) is 15.3 Å². The fourth-order valence-corrected chi connectivity index (χ4v) is 1.24. The van der Waals surface area contributed by atoms with Gasteiger partial charge in [-0.3, -0.25) is 0 Å². The number of nitrogens with one attached hydrogen (secondary N) is 1. The lowest BCUT2D eigenvalue weighted by molar-refractivity contribution is 0.177. The summed E-state index contributed by atoms with van der Waals surface area (Å²) < 4.78 is 4.71. The molecule has 6 heteroatoms. The number of hydrogen-bond acceptors (Lipinski definition) is 4. The number of hydrogen-bond donors (Lipinski definition) is 1. The van der Waals surface area contributed by atoms with E-state index in [4.69, 9.17) is 16.3 Å². The van der Waals surface area contributed by atoms with Crippen molar-refractivity contribution in [3.05, 3.63) is 23.2 Å². The summed E-state index contributed by atoms with van der Waals surface area (Å²) in [6.07, 6.45) is 0.919.